The molecule has 0 saturated carbocycles. The van der Waals surface area contributed by atoms with Crippen molar-refractivity contribution >= 4 is 11.9 Å². The molecule has 4 heteroatoms. The maximum Gasteiger partial charge on any atom is 0.306 e. The van der Waals surface area contributed by atoms with Gasteiger partial charge in [-0.1, -0.05) is 84.1 Å². The highest BCUT2D eigenvalue weighted by Crippen LogP contribution is 2.14. The number of carboxylic acids is 1. The first-order chi connectivity index (χ1) is 14.1. The minimum absolute atomic E-state index is 0.0910. The molecule has 0 fully saturated rings. The fourth-order valence-electron chi connectivity index (χ4n) is 3.42. The van der Waals surface area contributed by atoms with Crippen molar-refractivity contribution < 1.29 is 19.4 Å². The van der Waals surface area contributed by atoms with Gasteiger partial charge in [0.1, 0.15) is 6.10 Å². The van der Waals surface area contributed by atoms with Crippen molar-refractivity contribution in [2.45, 2.75) is 136 Å². The summed E-state index contributed by atoms with van der Waals surface area (Å²) in [6.45, 7) is 4.24. The Morgan fingerprint density at radius 3 is 1.97 bits per heavy atom. The van der Waals surface area contributed by atoms with E-state index in [2.05, 4.69) is 19.1 Å². The topological polar surface area (TPSA) is 63.6 Å². The van der Waals surface area contributed by atoms with Gasteiger partial charge in [0, 0.05) is 12.8 Å². The normalized spacial score (nSPS) is 12.3. The fraction of sp³-hybridized carbons (Fsp3) is 0.840. The number of carbonyl (C=O) groups excluding carboxylic acids is 1. The third kappa shape index (κ3) is 21.2. The summed E-state index contributed by atoms with van der Waals surface area (Å²) in [7, 11) is 0. The monoisotopic (exact) mass is 410 g/mol. The number of unbranched alkanes of at least 4 members (excludes halogenated alkanes) is 12. The summed E-state index contributed by atoms with van der Waals surface area (Å²) in [6, 6.07) is 0. The van der Waals surface area contributed by atoms with Crippen LogP contribution in [0.25, 0.3) is 0 Å². The SMILES string of the molecule is CCCCCCCCC/C=C\C(CCCCCCCCC(=O)O)OC(=O)CCC. The first-order valence-corrected chi connectivity index (χ1v) is 12.2. The highest BCUT2D eigenvalue weighted by atomic mass is 16.5. The van der Waals surface area contributed by atoms with E-state index in [1.54, 1.807) is 0 Å². The molecule has 0 spiro atoms. The lowest BCUT2D eigenvalue weighted by Crippen LogP contribution is -2.15. The summed E-state index contributed by atoms with van der Waals surface area (Å²) < 4.78 is 5.64. The Balaban J connectivity index is 3.96. The first kappa shape index (κ1) is 27.7. The van der Waals surface area contributed by atoms with Crippen molar-refractivity contribution in [3.8, 4) is 0 Å². The van der Waals surface area contributed by atoms with E-state index in [4.69, 9.17) is 9.84 Å². The van der Waals surface area contributed by atoms with Crippen LogP contribution in [-0.2, 0) is 14.3 Å². The third-order valence-corrected chi connectivity index (χ3v) is 5.19. The van der Waals surface area contributed by atoms with Crippen molar-refractivity contribution in [2.75, 3.05) is 0 Å². The summed E-state index contributed by atoms with van der Waals surface area (Å²) in [5, 5.41) is 8.64. The van der Waals surface area contributed by atoms with E-state index < -0.39 is 5.97 Å². The van der Waals surface area contributed by atoms with E-state index in [1.165, 1.54) is 44.9 Å². The van der Waals surface area contributed by atoms with Crippen LogP contribution in [0.3, 0.4) is 0 Å². The van der Waals surface area contributed by atoms with E-state index in [0.29, 0.717) is 6.42 Å². The number of carboxylic acid groups (broad SMARTS) is 1. The molecule has 0 bridgehead atoms. The van der Waals surface area contributed by atoms with Gasteiger partial charge in [-0.25, -0.2) is 0 Å². The largest absolute Gasteiger partial charge is 0.481 e. The van der Waals surface area contributed by atoms with Crippen LogP contribution in [0.1, 0.15) is 129 Å². The third-order valence-electron chi connectivity index (χ3n) is 5.19. The Morgan fingerprint density at radius 1 is 0.759 bits per heavy atom. The Bertz CT molecular complexity index is 417. The molecule has 4 nitrogen and oxygen atoms in total. The van der Waals surface area contributed by atoms with Gasteiger partial charge in [0.15, 0.2) is 0 Å². The molecular formula is C25H46O4. The first-order valence-electron chi connectivity index (χ1n) is 12.2. The lowest BCUT2D eigenvalue weighted by molar-refractivity contribution is -0.147. The summed E-state index contributed by atoms with van der Waals surface area (Å²) in [5.74, 6) is -0.795. The zero-order valence-electron chi connectivity index (χ0n) is 19.1. The number of aliphatic carboxylic acids is 1. The maximum absolute atomic E-state index is 11.9. The minimum Gasteiger partial charge on any atom is -0.481 e. The van der Waals surface area contributed by atoms with E-state index in [9.17, 15) is 9.59 Å². The van der Waals surface area contributed by atoms with Gasteiger partial charge in [0.05, 0.1) is 0 Å². The Hall–Kier alpha value is -1.32. The molecule has 0 aromatic heterocycles. The Kier molecular flexibility index (Phi) is 20.4. The molecule has 0 aliphatic rings. The van der Waals surface area contributed by atoms with Gasteiger partial charge in [0.2, 0.25) is 0 Å². The number of allylic oxidation sites excluding steroid dienone is 1. The van der Waals surface area contributed by atoms with Crippen LogP contribution in [-0.4, -0.2) is 23.1 Å². The van der Waals surface area contributed by atoms with Crippen molar-refractivity contribution in [1.29, 1.82) is 0 Å². The molecule has 1 atom stereocenters. The van der Waals surface area contributed by atoms with Crippen molar-refractivity contribution in [3.63, 3.8) is 0 Å². The summed E-state index contributed by atoms with van der Waals surface area (Å²) >= 11 is 0. The number of hydrogen-bond donors (Lipinski definition) is 1. The van der Waals surface area contributed by atoms with E-state index in [-0.39, 0.29) is 18.5 Å². The molecule has 0 aliphatic heterocycles. The molecule has 0 rings (SSSR count). The number of carbonyl (C=O) groups is 2. The van der Waals surface area contributed by atoms with Gasteiger partial charge in [-0.15, -0.1) is 0 Å². The molecule has 0 saturated heterocycles. The maximum atomic E-state index is 11.9. The summed E-state index contributed by atoms with van der Waals surface area (Å²) in [4.78, 5) is 22.4. The number of ether oxygens (including phenoxy) is 1. The minimum atomic E-state index is -0.704. The molecule has 0 aromatic carbocycles. The van der Waals surface area contributed by atoms with E-state index in [1.807, 2.05) is 6.92 Å². The smallest absolute Gasteiger partial charge is 0.306 e. The van der Waals surface area contributed by atoms with Crippen molar-refractivity contribution in [2.24, 2.45) is 0 Å². The molecule has 29 heavy (non-hydrogen) atoms. The summed E-state index contributed by atoms with van der Waals surface area (Å²) in [5.41, 5.74) is 0. The van der Waals surface area contributed by atoms with E-state index >= 15 is 0 Å². The molecule has 0 aliphatic carbocycles. The predicted molar refractivity (Wildman–Crippen MR) is 121 cm³/mol. The second-order valence-electron chi connectivity index (χ2n) is 8.17. The van der Waals surface area contributed by atoms with Gasteiger partial charge in [-0.05, 0) is 44.6 Å². The number of esters is 1. The highest BCUT2D eigenvalue weighted by molar-refractivity contribution is 5.69. The van der Waals surface area contributed by atoms with Gasteiger partial charge >= 0.3 is 11.9 Å². The Labute approximate surface area is 179 Å². The van der Waals surface area contributed by atoms with Crippen LogP contribution in [0, 0.1) is 0 Å². The lowest BCUT2D eigenvalue weighted by atomic mass is 10.0. The predicted octanol–water partition coefficient (Wildman–Crippen LogP) is 7.60. The molecule has 0 radical (unpaired) electrons. The molecule has 1 N–H and O–H groups in total. The van der Waals surface area contributed by atoms with Crippen LogP contribution >= 0.6 is 0 Å². The average molecular weight is 411 g/mol. The molecule has 0 heterocycles. The zero-order chi connectivity index (χ0) is 21.6. The van der Waals surface area contributed by atoms with Crippen LogP contribution in [0.5, 0.6) is 0 Å². The quantitative estimate of drug-likeness (QED) is 0.120. The molecule has 170 valence electrons. The van der Waals surface area contributed by atoms with Gasteiger partial charge < -0.3 is 9.84 Å². The highest BCUT2D eigenvalue weighted by Gasteiger charge is 2.10. The molecular weight excluding hydrogens is 364 g/mol. The molecule has 0 amide bonds. The second kappa shape index (κ2) is 21.4. The lowest BCUT2D eigenvalue weighted by Gasteiger charge is -2.14. The average Bonchev–Trinajstić information content (AvgIpc) is 2.68. The Morgan fingerprint density at radius 2 is 1.34 bits per heavy atom. The fourth-order valence-corrected chi connectivity index (χ4v) is 3.42. The van der Waals surface area contributed by atoms with Crippen LogP contribution in [0.4, 0.5) is 0 Å². The van der Waals surface area contributed by atoms with Gasteiger partial charge in [0.25, 0.3) is 0 Å². The molecule has 1 unspecified atom stereocenters. The number of rotatable bonds is 21. The second-order valence-corrected chi connectivity index (χ2v) is 8.17. The van der Waals surface area contributed by atoms with Crippen LogP contribution in [0.15, 0.2) is 12.2 Å². The molecule has 0 aromatic rings. The standard InChI is InChI=1S/C25H46O4/c1-3-5-6-7-8-9-10-13-16-20-23(29-25(28)19-4-2)21-17-14-11-12-15-18-22-24(26)27/h16,20,23H,3-15,17-19,21-22H2,1-2H3,(H,26,27)/b20-16-. The van der Waals surface area contributed by atoms with Crippen molar-refractivity contribution in [1.82, 2.24) is 0 Å². The van der Waals surface area contributed by atoms with Crippen molar-refractivity contribution in [3.05, 3.63) is 12.2 Å². The van der Waals surface area contributed by atoms with Crippen LogP contribution < -0.4 is 0 Å². The van der Waals surface area contributed by atoms with E-state index in [0.717, 1.165) is 57.8 Å². The van der Waals surface area contributed by atoms with Gasteiger partial charge in [-0.2, -0.15) is 0 Å². The summed E-state index contributed by atoms with van der Waals surface area (Å²) in [6.07, 6.45) is 23.1. The number of hydrogen-bond acceptors (Lipinski definition) is 3. The zero-order valence-corrected chi connectivity index (χ0v) is 19.1. The van der Waals surface area contributed by atoms with Gasteiger partial charge in [-0.3, -0.25) is 9.59 Å². The van der Waals surface area contributed by atoms with Crippen LogP contribution in [0.2, 0.25) is 0 Å².